The Kier molecular flexibility index (Phi) is 39.0. The summed E-state index contributed by atoms with van der Waals surface area (Å²) in [6, 6.07) is 0. The van der Waals surface area contributed by atoms with E-state index in [4.69, 9.17) is 18.5 Å². The van der Waals surface area contributed by atoms with Crippen LogP contribution in [0.2, 0.25) is 0 Å². The second kappa shape index (κ2) is 40.4. The highest BCUT2D eigenvalue weighted by Gasteiger charge is 2.27. The van der Waals surface area contributed by atoms with Gasteiger partial charge in [-0.3, -0.25) is 18.6 Å². The number of carbonyl (C=O) groups excluding carboxylic acids is 2. The van der Waals surface area contributed by atoms with Crippen LogP contribution in [0.1, 0.15) is 194 Å². The molecule has 1 unspecified atom stereocenters. The average molecular weight is 839 g/mol. The number of unbranched alkanes of at least 4 members (excludes halogenated alkanes) is 20. The molecule has 58 heavy (non-hydrogen) atoms. The summed E-state index contributed by atoms with van der Waals surface area (Å²) in [7, 11) is 1.45. The number of rotatable bonds is 42. The molecule has 0 aliphatic carbocycles. The van der Waals surface area contributed by atoms with E-state index in [0.29, 0.717) is 17.4 Å². The normalized spacial score (nSPS) is 14.0. The lowest BCUT2D eigenvalue weighted by molar-refractivity contribution is -0.870. The molecule has 338 valence electrons. The molecule has 0 bridgehead atoms. The zero-order valence-electron chi connectivity index (χ0n) is 38.0. The van der Waals surface area contributed by atoms with Crippen molar-refractivity contribution in [3.05, 3.63) is 48.6 Å². The van der Waals surface area contributed by atoms with Gasteiger partial charge in [0.1, 0.15) is 19.8 Å². The predicted octanol–water partition coefficient (Wildman–Crippen LogP) is 13.5. The molecule has 10 heteroatoms. The number of quaternary nitrogens is 1. The molecule has 0 fully saturated rings. The number of hydrogen-bond acceptors (Lipinski definition) is 7. The molecule has 0 amide bonds. The van der Waals surface area contributed by atoms with E-state index in [9.17, 15) is 19.0 Å². The maximum Gasteiger partial charge on any atom is 0.472 e. The maximum atomic E-state index is 12.7. The van der Waals surface area contributed by atoms with E-state index in [2.05, 4.69) is 62.5 Å². The zero-order valence-corrected chi connectivity index (χ0v) is 38.9. The van der Waals surface area contributed by atoms with Gasteiger partial charge in [-0.15, -0.1) is 0 Å². The number of nitrogens with zero attached hydrogens (tertiary/aromatic N) is 1. The first kappa shape index (κ1) is 56.0. The zero-order chi connectivity index (χ0) is 42.8. The Morgan fingerprint density at radius 3 is 1.43 bits per heavy atom. The first-order valence-corrected chi connectivity index (χ1v) is 24.9. The highest BCUT2D eigenvalue weighted by atomic mass is 31.2. The van der Waals surface area contributed by atoms with Crippen LogP contribution in [0.4, 0.5) is 0 Å². The standard InChI is InChI=1S/C48H88NO8P/c1-6-8-10-12-14-16-18-20-22-23-24-25-27-28-30-32-34-36-38-40-47(50)54-44-46(45-56-58(52,53)55-43-42-49(3,4)5)57-48(51)41-39-37-35-33-31-29-26-21-19-17-15-13-11-9-7-2/h14,16,20-22,26,31,33,46H,6-13,15,17-19,23-25,27-30,32,34-45H2,1-5H3/p+1/b16-14+,22-20+,26-21+,33-31+/t46-/m1/s1. The Balaban J connectivity index is 4.36. The topological polar surface area (TPSA) is 108 Å². The highest BCUT2D eigenvalue weighted by molar-refractivity contribution is 7.47. The molecule has 0 aromatic heterocycles. The molecular weight excluding hydrogens is 750 g/mol. The summed E-state index contributed by atoms with van der Waals surface area (Å²) in [6.07, 6.45) is 47.3. The first-order chi connectivity index (χ1) is 28.0. The summed E-state index contributed by atoms with van der Waals surface area (Å²) in [4.78, 5) is 35.4. The molecule has 0 aromatic rings. The van der Waals surface area contributed by atoms with Crippen LogP contribution < -0.4 is 0 Å². The molecular formula is C48H89NO8P+. The van der Waals surface area contributed by atoms with Crippen LogP contribution in [-0.4, -0.2) is 74.9 Å². The number of phosphoric acid groups is 1. The van der Waals surface area contributed by atoms with Crippen LogP contribution in [-0.2, 0) is 32.7 Å². The van der Waals surface area contributed by atoms with Crippen molar-refractivity contribution in [1.29, 1.82) is 0 Å². The molecule has 0 aliphatic rings. The van der Waals surface area contributed by atoms with Gasteiger partial charge >= 0.3 is 19.8 Å². The van der Waals surface area contributed by atoms with Crippen LogP contribution in [0.15, 0.2) is 48.6 Å². The molecule has 0 saturated heterocycles. The molecule has 0 spiro atoms. The van der Waals surface area contributed by atoms with Gasteiger partial charge < -0.3 is 18.9 Å². The van der Waals surface area contributed by atoms with Crippen LogP contribution in [0.3, 0.4) is 0 Å². The van der Waals surface area contributed by atoms with Gasteiger partial charge in [0.2, 0.25) is 0 Å². The lowest BCUT2D eigenvalue weighted by atomic mass is 10.1. The third-order valence-electron chi connectivity index (χ3n) is 9.83. The van der Waals surface area contributed by atoms with Gasteiger partial charge in [-0.1, -0.05) is 152 Å². The van der Waals surface area contributed by atoms with Gasteiger partial charge in [0.15, 0.2) is 6.10 Å². The lowest BCUT2D eigenvalue weighted by Crippen LogP contribution is -2.37. The minimum atomic E-state index is -4.39. The second-order valence-electron chi connectivity index (χ2n) is 16.8. The van der Waals surface area contributed by atoms with E-state index in [1.54, 1.807) is 0 Å². The van der Waals surface area contributed by atoms with Crippen molar-refractivity contribution >= 4 is 19.8 Å². The van der Waals surface area contributed by atoms with E-state index in [1.165, 1.54) is 109 Å². The van der Waals surface area contributed by atoms with Crippen molar-refractivity contribution in [3.8, 4) is 0 Å². The van der Waals surface area contributed by atoms with E-state index in [-0.39, 0.29) is 32.0 Å². The summed E-state index contributed by atoms with van der Waals surface area (Å²) >= 11 is 0. The third-order valence-corrected chi connectivity index (χ3v) is 10.8. The molecule has 1 N–H and O–H groups in total. The van der Waals surface area contributed by atoms with Gasteiger partial charge in [0.05, 0.1) is 27.7 Å². The molecule has 2 atom stereocenters. The Labute approximate surface area is 356 Å². The summed E-state index contributed by atoms with van der Waals surface area (Å²) < 4.78 is 34.3. The summed E-state index contributed by atoms with van der Waals surface area (Å²) in [5, 5.41) is 0. The minimum absolute atomic E-state index is 0.0240. The Hall–Kier alpha value is -2.03. The minimum Gasteiger partial charge on any atom is -0.462 e. The highest BCUT2D eigenvalue weighted by Crippen LogP contribution is 2.43. The Morgan fingerprint density at radius 1 is 0.534 bits per heavy atom. The van der Waals surface area contributed by atoms with Crippen LogP contribution in [0.5, 0.6) is 0 Å². The van der Waals surface area contributed by atoms with Crippen LogP contribution in [0.25, 0.3) is 0 Å². The number of ether oxygens (including phenoxy) is 2. The van der Waals surface area contributed by atoms with Crippen molar-refractivity contribution in [2.75, 3.05) is 47.5 Å². The fourth-order valence-electron chi connectivity index (χ4n) is 6.13. The SMILES string of the molecule is CCCCC/C=C/C/C=C/CCCCCCCCCCCC(=O)OC[C@H](COP(=O)(O)OCC[N+](C)(C)C)OC(=O)CCCC/C=C/C/C=C/CCCCCCCC. The number of phosphoric ester groups is 1. The van der Waals surface area contributed by atoms with Crippen LogP contribution in [0, 0.1) is 0 Å². The van der Waals surface area contributed by atoms with E-state index < -0.39 is 26.5 Å². The first-order valence-electron chi connectivity index (χ1n) is 23.4. The van der Waals surface area contributed by atoms with Crippen LogP contribution >= 0.6 is 7.82 Å². The third kappa shape index (κ3) is 43.5. The quantitative estimate of drug-likeness (QED) is 0.0213. The molecule has 0 saturated carbocycles. The predicted molar refractivity (Wildman–Crippen MR) is 243 cm³/mol. The van der Waals surface area contributed by atoms with Gasteiger partial charge in [0.25, 0.3) is 0 Å². The van der Waals surface area contributed by atoms with Crippen molar-refractivity contribution < 1.29 is 42.1 Å². The van der Waals surface area contributed by atoms with Gasteiger partial charge in [-0.25, -0.2) is 4.57 Å². The monoisotopic (exact) mass is 839 g/mol. The van der Waals surface area contributed by atoms with E-state index >= 15 is 0 Å². The van der Waals surface area contributed by atoms with Gasteiger partial charge in [0, 0.05) is 12.8 Å². The number of esters is 2. The smallest absolute Gasteiger partial charge is 0.462 e. The van der Waals surface area contributed by atoms with Crippen molar-refractivity contribution in [1.82, 2.24) is 0 Å². The number of allylic oxidation sites excluding steroid dienone is 8. The van der Waals surface area contributed by atoms with Crippen molar-refractivity contribution in [2.24, 2.45) is 0 Å². The molecule has 9 nitrogen and oxygen atoms in total. The van der Waals surface area contributed by atoms with Crippen molar-refractivity contribution in [3.63, 3.8) is 0 Å². The Morgan fingerprint density at radius 2 is 0.931 bits per heavy atom. The molecule has 0 aliphatic heterocycles. The Bertz CT molecular complexity index is 1130. The summed E-state index contributed by atoms with van der Waals surface area (Å²) in [5.41, 5.74) is 0. The van der Waals surface area contributed by atoms with Gasteiger partial charge in [-0.05, 0) is 77.0 Å². The largest absolute Gasteiger partial charge is 0.472 e. The maximum absolute atomic E-state index is 12.7. The molecule has 0 rings (SSSR count). The molecule has 0 radical (unpaired) electrons. The van der Waals surface area contributed by atoms with Crippen molar-refractivity contribution in [2.45, 2.75) is 200 Å². The average Bonchev–Trinajstić information content (AvgIpc) is 3.17. The number of hydrogen-bond donors (Lipinski definition) is 1. The fraction of sp³-hybridized carbons (Fsp3) is 0.792. The second-order valence-corrected chi connectivity index (χ2v) is 18.2. The van der Waals surface area contributed by atoms with E-state index in [1.807, 2.05) is 21.1 Å². The van der Waals surface area contributed by atoms with Gasteiger partial charge in [-0.2, -0.15) is 0 Å². The molecule has 0 aromatic carbocycles. The lowest BCUT2D eigenvalue weighted by Gasteiger charge is -2.24. The summed E-state index contributed by atoms with van der Waals surface area (Å²) in [5.74, 6) is -0.841. The molecule has 0 heterocycles. The van der Waals surface area contributed by atoms with E-state index in [0.717, 1.165) is 51.4 Å². The number of likely N-dealkylation sites (N-methyl/N-ethyl adjacent to an activating group) is 1. The fourth-order valence-corrected chi connectivity index (χ4v) is 6.87. The summed E-state index contributed by atoms with van der Waals surface area (Å²) in [6.45, 7) is 4.35. The number of carbonyl (C=O) groups is 2.